The zero-order chi connectivity index (χ0) is 17.7. The smallest absolute Gasteiger partial charge is 0.0433 e. The first-order valence-corrected chi connectivity index (χ1v) is 10.7. The van der Waals surface area contributed by atoms with Crippen LogP contribution in [0.1, 0.15) is 110 Å². The van der Waals surface area contributed by atoms with Gasteiger partial charge in [-0.15, -0.1) is 0 Å². The van der Waals surface area contributed by atoms with Gasteiger partial charge in [-0.3, -0.25) is 0 Å². The molecule has 0 aliphatic carbocycles. The molecule has 2 nitrogen and oxygen atoms in total. The van der Waals surface area contributed by atoms with Crippen molar-refractivity contribution in [2.45, 2.75) is 110 Å². The fourth-order valence-corrected chi connectivity index (χ4v) is 3.30. The summed E-state index contributed by atoms with van der Waals surface area (Å²) >= 11 is 0. The molecule has 0 aliphatic heterocycles. The second-order valence-corrected chi connectivity index (χ2v) is 7.26. The number of allylic oxidation sites excluding steroid dienone is 2. The van der Waals surface area contributed by atoms with E-state index in [1.165, 1.54) is 89.9 Å². The van der Waals surface area contributed by atoms with Gasteiger partial charge in [-0.2, -0.15) is 0 Å². The lowest BCUT2D eigenvalue weighted by Gasteiger charge is -2.13. The molecule has 0 aromatic carbocycles. The molecule has 2 heteroatoms. The van der Waals surface area contributed by atoms with Gasteiger partial charge in [-0.25, -0.2) is 0 Å². The first-order chi connectivity index (χ1) is 11.8. The van der Waals surface area contributed by atoms with Crippen LogP contribution in [0, 0.1) is 5.92 Å². The number of rotatable bonds is 19. The van der Waals surface area contributed by atoms with Crippen LogP contribution in [0.3, 0.4) is 0 Å². The zero-order valence-corrected chi connectivity index (χ0v) is 16.4. The summed E-state index contributed by atoms with van der Waals surface area (Å²) in [6.45, 7) is 2.79. The highest BCUT2D eigenvalue weighted by Crippen LogP contribution is 2.18. The van der Waals surface area contributed by atoms with Crippen LogP contribution in [0.5, 0.6) is 0 Å². The molecule has 144 valence electrons. The minimum Gasteiger partial charge on any atom is -0.396 e. The number of hydrogen-bond acceptors (Lipinski definition) is 2. The topological polar surface area (TPSA) is 40.5 Å². The number of aliphatic hydroxyl groups excluding tert-OH is 2. The highest BCUT2D eigenvalue weighted by molar-refractivity contribution is 4.81. The van der Waals surface area contributed by atoms with Crippen molar-refractivity contribution in [3.8, 4) is 0 Å². The van der Waals surface area contributed by atoms with E-state index in [4.69, 9.17) is 10.2 Å². The predicted molar refractivity (Wildman–Crippen MR) is 106 cm³/mol. The predicted octanol–water partition coefficient (Wildman–Crippen LogP) is 6.40. The van der Waals surface area contributed by atoms with Crippen LogP contribution >= 0.6 is 0 Å². The fraction of sp³-hybridized carbons (Fsp3) is 0.909. The first-order valence-electron chi connectivity index (χ1n) is 10.7. The van der Waals surface area contributed by atoms with Crippen LogP contribution < -0.4 is 0 Å². The van der Waals surface area contributed by atoms with Gasteiger partial charge < -0.3 is 10.2 Å². The average Bonchev–Trinajstić information content (AvgIpc) is 2.58. The lowest BCUT2D eigenvalue weighted by atomic mass is 9.95. The number of unbranched alkanes of at least 4 members (excludes halogenated alkanes) is 11. The van der Waals surface area contributed by atoms with Gasteiger partial charge in [-0.05, 0) is 44.4 Å². The molecular weight excluding hydrogens is 296 g/mol. The Bertz CT molecular complexity index is 244. The van der Waals surface area contributed by atoms with Gasteiger partial charge in [0.1, 0.15) is 0 Å². The summed E-state index contributed by atoms with van der Waals surface area (Å²) in [5.74, 6) is 0.518. The molecule has 0 aromatic rings. The molecular formula is C22H44O2. The average molecular weight is 341 g/mol. The Balaban J connectivity index is 3.25. The third-order valence-electron chi connectivity index (χ3n) is 4.95. The van der Waals surface area contributed by atoms with E-state index in [1.807, 2.05) is 0 Å². The van der Waals surface area contributed by atoms with Gasteiger partial charge in [0.2, 0.25) is 0 Å². The Labute approximate surface area is 151 Å². The Morgan fingerprint density at radius 2 is 1.04 bits per heavy atom. The lowest BCUT2D eigenvalue weighted by molar-refractivity contribution is 0.207. The summed E-state index contributed by atoms with van der Waals surface area (Å²) in [4.78, 5) is 0. The second kappa shape index (κ2) is 20.7. The molecule has 0 atom stereocenters. The fourth-order valence-electron chi connectivity index (χ4n) is 3.30. The molecule has 0 aliphatic rings. The quantitative estimate of drug-likeness (QED) is 0.211. The summed E-state index contributed by atoms with van der Waals surface area (Å²) in [7, 11) is 0. The largest absolute Gasteiger partial charge is 0.396 e. The minimum absolute atomic E-state index is 0.260. The third-order valence-corrected chi connectivity index (χ3v) is 4.95. The minimum atomic E-state index is 0.260. The second-order valence-electron chi connectivity index (χ2n) is 7.26. The van der Waals surface area contributed by atoms with E-state index >= 15 is 0 Å². The highest BCUT2D eigenvalue weighted by Gasteiger charge is 2.06. The van der Waals surface area contributed by atoms with Crippen molar-refractivity contribution >= 4 is 0 Å². The normalized spacial score (nSPS) is 11.8. The molecule has 0 unspecified atom stereocenters. The van der Waals surface area contributed by atoms with E-state index in [-0.39, 0.29) is 13.2 Å². The molecule has 0 saturated heterocycles. The van der Waals surface area contributed by atoms with Gasteiger partial charge in [0.05, 0.1) is 0 Å². The summed E-state index contributed by atoms with van der Waals surface area (Å²) < 4.78 is 0. The monoisotopic (exact) mass is 340 g/mol. The Hall–Kier alpha value is -0.340. The zero-order valence-electron chi connectivity index (χ0n) is 16.4. The van der Waals surface area contributed by atoms with Gasteiger partial charge in [0.15, 0.2) is 0 Å². The third kappa shape index (κ3) is 18.0. The molecule has 0 saturated carbocycles. The van der Waals surface area contributed by atoms with Crippen LogP contribution in [0.4, 0.5) is 0 Å². The van der Waals surface area contributed by atoms with E-state index < -0.39 is 0 Å². The van der Waals surface area contributed by atoms with Crippen LogP contribution in [-0.4, -0.2) is 23.4 Å². The number of aliphatic hydroxyl groups is 2. The van der Waals surface area contributed by atoms with Crippen molar-refractivity contribution < 1.29 is 10.2 Å². The van der Waals surface area contributed by atoms with Crippen molar-refractivity contribution in [3.05, 3.63) is 12.2 Å². The molecule has 0 heterocycles. The van der Waals surface area contributed by atoms with Crippen molar-refractivity contribution in [1.82, 2.24) is 0 Å². The van der Waals surface area contributed by atoms with Gasteiger partial charge in [-0.1, -0.05) is 83.3 Å². The van der Waals surface area contributed by atoms with E-state index in [1.54, 1.807) is 0 Å². The Morgan fingerprint density at radius 1 is 0.583 bits per heavy atom. The molecule has 0 radical (unpaired) electrons. The van der Waals surface area contributed by atoms with Crippen LogP contribution in [0.2, 0.25) is 0 Å². The van der Waals surface area contributed by atoms with Gasteiger partial charge in [0, 0.05) is 13.2 Å². The Kier molecular flexibility index (Phi) is 20.4. The maximum Gasteiger partial charge on any atom is 0.0433 e. The standard InChI is InChI=1S/C22H44O2/c1-2-3-4-5-6-7-8-9-10-11-12-13-14-15-16-17-22(18-20-23)19-21-24/h9-10,22-24H,2-8,11-21H2,1H3. The van der Waals surface area contributed by atoms with E-state index in [2.05, 4.69) is 19.1 Å². The Morgan fingerprint density at radius 3 is 1.54 bits per heavy atom. The number of hydrogen-bond donors (Lipinski definition) is 2. The van der Waals surface area contributed by atoms with Crippen molar-refractivity contribution in [2.75, 3.05) is 13.2 Å². The van der Waals surface area contributed by atoms with Crippen LogP contribution in [0.15, 0.2) is 12.2 Å². The molecule has 0 rings (SSSR count). The first kappa shape index (κ1) is 23.7. The SMILES string of the molecule is CCCCCCCCC=CCCCCCCCC(CCO)CCO. The van der Waals surface area contributed by atoms with Crippen molar-refractivity contribution in [1.29, 1.82) is 0 Å². The van der Waals surface area contributed by atoms with Crippen molar-refractivity contribution in [2.24, 2.45) is 5.92 Å². The summed E-state index contributed by atoms with van der Waals surface area (Å²) in [6.07, 6.45) is 25.0. The molecule has 0 amide bonds. The molecule has 2 N–H and O–H groups in total. The van der Waals surface area contributed by atoms with Gasteiger partial charge in [0.25, 0.3) is 0 Å². The van der Waals surface area contributed by atoms with Gasteiger partial charge >= 0.3 is 0 Å². The van der Waals surface area contributed by atoms with E-state index in [0.29, 0.717) is 5.92 Å². The van der Waals surface area contributed by atoms with Crippen molar-refractivity contribution in [3.63, 3.8) is 0 Å². The highest BCUT2D eigenvalue weighted by atomic mass is 16.3. The lowest BCUT2D eigenvalue weighted by Crippen LogP contribution is -2.05. The maximum atomic E-state index is 9.00. The summed E-state index contributed by atoms with van der Waals surface area (Å²) in [5, 5.41) is 18.0. The molecule has 0 spiro atoms. The van der Waals surface area contributed by atoms with Crippen LogP contribution in [0.25, 0.3) is 0 Å². The molecule has 0 bridgehead atoms. The summed E-state index contributed by atoms with van der Waals surface area (Å²) in [6, 6.07) is 0. The maximum absolute atomic E-state index is 9.00. The summed E-state index contributed by atoms with van der Waals surface area (Å²) in [5.41, 5.74) is 0. The molecule has 0 fully saturated rings. The van der Waals surface area contributed by atoms with E-state index in [0.717, 1.165) is 12.8 Å². The van der Waals surface area contributed by atoms with Crippen LogP contribution in [-0.2, 0) is 0 Å². The molecule has 0 aromatic heterocycles. The molecule has 24 heavy (non-hydrogen) atoms. The van der Waals surface area contributed by atoms with E-state index in [9.17, 15) is 0 Å².